The zero-order valence-electron chi connectivity index (χ0n) is 11.6. The van der Waals surface area contributed by atoms with Gasteiger partial charge in [0.05, 0.1) is 5.00 Å². The van der Waals surface area contributed by atoms with Crippen LogP contribution in [-0.2, 0) is 0 Å². The Morgan fingerprint density at radius 3 is 2.85 bits per heavy atom. The van der Waals surface area contributed by atoms with E-state index in [1.807, 2.05) is 16.7 Å². The summed E-state index contributed by atoms with van der Waals surface area (Å²) < 4.78 is 0. The lowest BCUT2D eigenvalue weighted by Gasteiger charge is -2.35. The van der Waals surface area contributed by atoms with E-state index in [-0.39, 0.29) is 6.03 Å². The third-order valence-electron chi connectivity index (χ3n) is 3.89. The minimum atomic E-state index is 0.114. The van der Waals surface area contributed by atoms with E-state index < -0.39 is 0 Å². The summed E-state index contributed by atoms with van der Waals surface area (Å²) in [6.07, 6.45) is 2.54. The lowest BCUT2D eigenvalue weighted by Crippen LogP contribution is -2.52. The van der Waals surface area contributed by atoms with Crippen LogP contribution in [-0.4, -0.2) is 54.7 Å². The van der Waals surface area contributed by atoms with Crippen LogP contribution in [0.2, 0.25) is 0 Å². The highest BCUT2D eigenvalue weighted by Crippen LogP contribution is 2.25. The molecule has 2 aliphatic heterocycles. The molecule has 1 N–H and O–H groups in total. The fraction of sp³-hybridized carbons (Fsp3) is 0.643. The van der Waals surface area contributed by atoms with Gasteiger partial charge in [0.15, 0.2) is 0 Å². The Kier molecular flexibility index (Phi) is 4.73. The predicted molar refractivity (Wildman–Crippen MR) is 87.0 cm³/mol. The molecule has 2 aliphatic rings. The normalized spacial score (nSPS) is 23.1. The van der Waals surface area contributed by atoms with Crippen LogP contribution >= 0.6 is 23.1 Å². The van der Waals surface area contributed by atoms with Gasteiger partial charge in [-0.05, 0) is 36.1 Å². The second-order valence-corrected chi connectivity index (χ2v) is 7.58. The Bertz CT molecular complexity index is 424. The third kappa shape index (κ3) is 3.41. The number of nitrogens with zero attached hydrogens (tertiary/aromatic N) is 2. The molecule has 0 aliphatic carbocycles. The van der Waals surface area contributed by atoms with E-state index in [9.17, 15) is 4.79 Å². The zero-order valence-corrected chi connectivity index (χ0v) is 13.2. The highest BCUT2D eigenvalue weighted by atomic mass is 32.2. The second kappa shape index (κ2) is 6.72. The quantitative estimate of drug-likeness (QED) is 0.931. The van der Waals surface area contributed by atoms with Gasteiger partial charge in [0.2, 0.25) is 0 Å². The maximum atomic E-state index is 12.1. The van der Waals surface area contributed by atoms with Crippen LogP contribution in [0.15, 0.2) is 17.5 Å². The maximum absolute atomic E-state index is 12.1. The van der Waals surface area contributed by atoms with Gasteiger partial charge in [0.1, 0.15) is 0 Å². The molecule has 4 nitrogen and oxygen atoms in total. The van der Waals surface area contributed by atoms with Crippen molar-refractivity contribution in [3.05, 3.63) is 17.5 Å². The van der Waals surface area contributed by atoms with Crippen molar-refractivity contribution in [2.24, 2.45) is 0 Å². The molecule has 2 saturated heterocycles. The summed E-state index contributed by atoms with van der Waals surface area (Å²) in [6, 6.07) is 4.35. The summed E-state index contributed by atoms with van der Waals surface area (Å²) >= 11 is 3.76. The summed E-state index contributed by atoms with van der Waals surface area (Å²) in [5, 5.41) is 7.14. The molecule has 2 amide bonds. The topological polar surface area (TPSA) is 35.6 Å². The molecule has 0 aromatic carbocycles. The standard InChI is InChI=1S/C14H21N3OS2/c18-14(15-11-12-3-1-9-19-12)17-7-5-16(6-8-17)13-4-2-10-20-13/h2,4,10,12H,1,3,5-9,11H2,(H,15,18). The van der Waals surface area contributed by atoms with Crippen molar-refractivity contribution in [2.45, 2.75) is 18.1 Å². The lowest BCUT2D eigenvalue weighted by molar-refractivity contribution is 0.194. The highest BCUT2D eigenvalue weighted by molar-refractivity contribution is 8.00. The van der Waals surface area contributed by atoms with Crippen LogP contribution in [0.4, 0.5) is 9.80 Å². The summed E-state index contributed by atoms with van der Waals surface area (Å²) in [5.74, 6) is 1.25. The van der Waals surface area contributed by atoms with Gasteiger partial charge in [-0.25, -0.2) is 4.79 Å². The minimum absolute atomic E-state index is 0.114. The van der Waals surface area contributed by atoms with E-state index in [4.69, 9.17) is 0 Å². The zero-order chi connectivity index (χ0) is 13.8. The van der Waals surface area contributed by atoms with Crippen molar-refractivity contribution in [2.75, 3.05) is 43.4 Å². The van der Waals surface area contributed by atoms with Crippen LogP contribution in [0.5, 0.6) is 0 Å². The van der Waals surface area contributed by atoms with Gasteiger partial charge in [-0.2, -0.15) is 11.8 Å². The number of urea groups is 1. The molecule has 6 heteroatoms. The van der Waals surface area contributed by atoms with Crippen LogP contribution in [0.3, 0.4) is 0 Å². The Morgan fingerprint density at radius 1 is 1.35 bits per heavy atom. The number of hydrogen-bond acceptors (Lipinski definition) is 4. The third-order valence-corrected chi connectivity index (χ3v) is 6.22. The number of nitrogens with one attached hydrogen (secondary N) is 1. The number of carbonyl (C=O) groups excluding carboxylic acids is 1. The van der Waals surface area contributed by atoms with E-state index >= 15 is 0 Å². The van der Waals surface area contributed by atoms with Crippen molar-refractivity contribution in [3.63, 3.8) is 0 Å². The number of anilines is 1. The first-order chi connectivity index (χ1) is 9.83. The fourth-order valence-corrected chi connectivity index (χ4v) is 4.68. The highest BCUT2D eigenvalue weighted by Gasteiger charge is 2.23. The minimum Gasteiger partial charge on any atom is -0.360 e. The summed E-state index contributed by atoms with van der Waals surface area (Å²) in [5.41, 5.74) is 0. The molecule has 0 saturated carbocycles. The van der Waals surface area contributed by atoms with Crippen molar-refractivity contribution in [3.8, 4) is 0 Å². The second-order valence-electron chi connectivity index (χ2n) is 5.25. The van der Waals surface area contributed by atoms with Gasteiger partial charge < -0.3 is 15.1 Å². The molecular formula is C14H21N3OS2. The van der Waals surface area contributed by atoms with Gasteiger partial charge in [-0.3, -0.25) is 0 Å². The van der Waals surface area contributed by atoms with E-state index in [1.165, 1.54) is 23.6 Å². The molecule has 3 heterocycles. The summed E-state index contributed by atoms with van der Waals surface area (Å²) in [6.45, 7) is 4.34. The summed E-state index contributed by atoms with van der Waals surface area (Å²) in [4.78, 5) is 16.4. The number of amides is 2. The molecular weight excluding hydrogens is 290 g/mol. The number of thioether (sulfide) groups is 1. The monoisotopic (exact) mass is 311 g/mol. The van der Waals surface area contributed by atoms with Crippen molar-refractivity contribution < 1.29 is 4.79 Å². The molecule has 110 valence electrons. The number of thiophene rings is 1. The Morgan fingerprint density at radius 2 is 2.20 bits per heavy atom. The fourth-order valence-electron chi connectivity index (χ4n) is 2.70. The molecule has 1 atom stereocenters. The largest absolute Gasteiger partial charge is 0.360 e. The van der Waals surface area contributed by atoms with Crippen molar-refractivity contribution >= 4 is 34.1 Å². The molecule has 1 unspecified atom stereocenters. The van der Waals surface area contributed by atoms with Crippen LogP contribution in [0, 0.1) is 0 Å². The Balaban J connectivity index is 1.42. The number of piperazine rings is 1. The van der Waals surface area contributed by atoms with E-state index in [0.29, 0.717) is 5.25 Å². The number of rotatable bonds is 3. The SMILES string of the molecule is O=C(NCC1CCCS1)N1CCN(c2cccs2)CC1. The van der Waals surface area contributed by atoms with Crippen molar-refractivity contribution in [1.82, 2.24) is 10.2 Å². The molecule has 0 spiro atoms. The Labute approximate surface area is 128 Å². The molecule has 0 radical (unpaired) electrons. The van der Waals surface area contributed by atoms with Gasteiger partial charge in [0, 0.05) is 38.0 Å². The van der Waals surface area contributed by atoms with E-state index in [1.54, 1.807) is 11.3 Å². The van der Waals surface area contributed by atoms with Crippen LogP contribution in [0.25, 0.3) is 0 Å². The van der Waals surface area contributed by atoms with Crippen LogP contribution in [0.1, 0.15) is 12.8 Å². The van der Waals surface area contributed by atoms with Gasteiger partial charge >= 0.3 is 6.03 Å². The van der Waals surface area contributed by atoms with Gasteiger partial charge in [-0.1, -0.05) is 0 Å². The van der Waals surface area contributed by atoms with E-state index in [2.05, 4.69) is 27.7 Å². The first-order valence-electron chi connectivity index (χ1n) is 7.26. The smallest absolute Gasteiger partial charge is 0.317 e. The average Bonchev–Trinajstić information content (AvgIpc) is 3.18. The summed E-state index contributed by atoms with van der Waals surface area (Å²) in [7, 11) is 0. The van der Waals surface area contributed by atoms with Crippen molar-refractivity contribution in [1.29, 1.82) is 0 Å². The van der Waals surface area contributed by atoms with Gasteiger partial charge in [0.25, 0.3) is 0 Å². The molecule has 2 fully saturated rings. The molecule has 3 rings (SSSR count). The Hall–Kier alpha value is -0.880. The molecule has 1 aromatic heterocycles. The van der Waals surface area contributed by atoms with Gasteiger partial charge in [-0.15, -0.1) is 11.3 Å². The molecule has 1 aromatic rings. The average molecular weight is 311 g/mol. The maximum Gasteiger partial charge on any atom is 0.317 e. The number of carbonyl (C=O) groups is 1. The first-order valence-corrected chi connectivity index (χ1v) is 9.18. The number of hydrogen-bond donors (Lipinski definition) is 1. The lowest BCUT2D eigenvalue weighted by atomic mass is 10.2. The molecule has 0 bridgehead atoms. The predicted octanol–water partition coefficient (Wildman–Crippen LogP) is 2.48. The molecule has 20 heavy (non-hydrogen) atoms. The first kappa shape index (κ1) is 14.1. The van der Waals surface area contributed by atoms with E-state index in [0.717, 1.165) is 32.7 Å². The van der Waals surface area contributed by atoms with Crippen LogP contribution < -0.4 is 10.2 Å².